The maximum Gasteiger partial charge on any atom is 0.0326 e. The van der Waals surface area contributed by atoms with Gasteiger partial charge < -0.3 is 5.73 Å². The third kappa shape index (κ3) is 2.73. The van der Waals surface area contributed by atoms with Gasteiger partial charge in [-0.3, -0.25) is 4.90 Å². The van der Waals surface area contributed by atoms with Crippen LogP contribution in [0.15, 0.2) is 0 Å². The zero-order valence-electron chi connectivity index (χ0n) is 11.1. The Morgan fingerprint density at radius 3 is 2.07 bits per heavy atom. The summed E-state index contributed by atoms with van der Waals surface area (Å²) in [5.41, 5.74) is 6.17. The van der Waals surface area contributed by atoms with E-state index >= 15 is 0 Å². The Labute approximate surface area is 95.2 Å². The molecule has 3 unspecified atom stereocenters. The summed E-state index contributed by atoms with van der Waals surface area (Å²) in [7, 11) is 0. The standard InChI is InChI=1S/C13H28N2/c1-10(2)13(5,9-14)15-7-11(3)6-12(4)8-15/h10-12H,6-9,14H2,1-5H3. The lowest BCUT2D eigenvalue weighted by Gasteiger charge is -2.49. The Bertz CT molecular complexity index is 193. The predicted molar refractivity (Wildman–Crippen MR) is 66.8 cm³/mol. The smallest absolute Gasteiger partial charge is 0.0326 e. The van der Waals surface area contributed by atoms with Crippen LogP contribution in [-0.4, -0.2) is 30.1 Å². The fourth-order valence-corrected chi connectivity index (χ4v) is 2.81. The highest BCUT2D eigenvalue weighted by molar-refractivity contribution is 4.93. The summed E-state index contributed by atoms with van der Waals surface area (Å²) in [4.78, 5) is 2.62. The lowest BCUT2D eigenvalue weighted by molar-refractivity contribution is 0.0115. The molecule has 3 atom stereocenters. The molecule has 0 amide bonds. The normalized spacial score (nSPS) is 33.0. The highest BCUT2D eigenvalue weighted by atomic mass is 15.2. The summed E-state index contributed by atoms with van der Waals surface area (Å²) in [5, 5.41) is 0. The molecule has 0 aliphatic carbocycles. The van der Waals surface area contributed by atoms with Gasteiger partial charge in [-0.25, -0.2) is 0 Å². The summed E-state index contributed by atoms with van der Waals surface area (Å²) in [5.74, 6) is 2.26. The number of likely N-dealkylation sites (tertiary alicyclic amines) is 1. The molecular weight excluding hydrogens is 184 g/mol. The minimum atomic E-state index is 0.183. The molecular formula is C13H28N2. The molecule has 2 heteroatoms. The summed E-state index contributed by atoms with van der Waals surface area (Å²) in [6, 6.07) is 0. The van der Waals surface area contributed by atoms with Gasteiger partial charge in [-0.1, -0.05) is 27.7 Å². The van der Waals surface area contributed by atoms with Crippen molar-refractivity contribution < 1.29 is 0 Å². The van der Waals surface area contributed by atoms with Crippen molar-refractivity contribution >= 4 is 0 Å². The number of hydrogen-bond donors (Lipinski definition) is 1. The van der Waals surface area contributed by atoms with Crippen LogP contribution >= 0.6 is 0 Å². The summed E-state index contributed by atoms with van der Waals surface area (Å²) < 4.78 is 0. The van der Waals surface area contributed by atoms with Gasteiger partial charge in [0, 0.05) is 25.2 Å². The monoisotopic (exact) mass is 212 g/mol. The molecule has 0 spiro atoms. The first-order valence-electron chi connectivity index (χ1n) is 6.35. The molecule has 1 heterocycles. The first-order chi connectivity index (χ1) is 6.90. The third-order valence-electron chi connectivity index (χ3n) is 4.25. The van der Waals surface area contributed by atoms with Crippen molar-refractivity contribution in [1.82, 2.24) is 4.90 Å². The second kappa shape index (κ2) is 4.84. The van der Waals surface area contributed by atoms with Crippen LogP contribution in [0.1, 0.15) is 41.0 Å². The first-order valence-corrected chi connectivity index (χ1v) is 6.35. The second-order valence-electron chi connectivity index (χ2n) is 6.07. The lowest BCUT2D eigenvalue weighted by Crippen LogP contribution is -2.59. The van der Waals surface area contributed by atoms with Crippen molar-refractivity contribution in [1.29, 1.82) is 0 Å². The van der Waals surface area contributed by atoms with Crippen LogP contribution in [0.2, 0.25) is 0 Å². The molecule has 2 N–H and O–H groups in total. The minimum Gasteiger partial charge on any atom is -0.329 e. The number of nitrogens with zero attached hydrogens (tertiary/aromatic N) is 1. The van der Waals surface area contributed by atoms with Crippen LogP contribution in [0, 0.1) is 17.8 Å². The molecule has 15 heavy (non-hydrogen) atoms. The Balaban J connectivity index is 2.75. The van der Waals surface area contributed by atoms with E-state index in [0.29, 0.717) is 5.92 Å². The number of nitrogens with two attached hydrogens (primary N) is 1. The topological polar surface area (TPSA) is 29.3 Å². The Morgan fingerprint density at radius 1 is 1.27 bits per heavy atom. The van der Waals surface area contributed by atoms with Crippen molar-refractivity contribution in [2.24, 2.45) is 23.5 Å². The molecule has 0 radical (unpaired) electrons. The minimum absolute atomic E-state index is 0.183. The second-order valence-corrected chi connectivity index (χ2v) is 6.07. The van der Waals surface area contributed by atoms with Gasteiger partial charge in [0.25, 0.3) is 0 Å². The Hall–Kier alpha value is -0.0800. The molecule has 0 saturated carbocycles. The van der Waals surface area contributed by atoms with E-state index < -0.39 is 0 Å². The predicted octanol–water partition coefficient (Wildman–Crippen LogP) is 2.34. The molecule has 1 fully saturated rings. The highest BCUT2D eigenvalue weighted by Crippen LogP contribution is 2.31. The molecule has 90 valence electrons. The van der Waals surface area contributed by atoms with Gasteiger partial charge in [0.1, 0.15) is 0 Å². The summed E-state index contributed by atoms with van der Waals surface area (Å²) in [6.07, 6.45) is 1.37. The zero-order valence-corrected chi connectivity index (χ0v) is 11.1. The van der Waals surface area contributed by atoms with E-state index in [4.69, 9.17) is 5.73 Å². The maximum atomic E-state index is 5.99. The van der Waals surface area contributed by atoms with Crippen molar-refractivity contribution in [2.45, 2.75) is 46.6 Å². The van der Waals surface area contributed by atoms with E-state index in [2.05, 4.69) is 39.5 Å². The molecule has 1 aliphatic rings. The quantitative estimate of drug-likeness (QED) is 0.778. The van der Waals surface area contributed by atoms with Gasteiger partial charge in [0.05, 0.1) is 0 Å². The maximum absolute atomic E-state index is 5.99. The van der Waals surface area contributed by atoms with E-state index in [1.165, 1.54) is 19.5 Å². The van der Waals surface area contributed by atoms with Gasteiger partial charge >= 0.3 is 0 Å². The van der Waals surface area contributed by atoms with Gasteiger partial charge in [-0.2, -0.15) is 0 Å². The summed E-state index contributed by atoms with van der Waals surface area (Å²) >= 11 is 0. The lowest BCUT2D eigenvalue weighted by atomic mass is 9.81. The van der Waals surface area contributed by atoms with Crippen LogP contribution in [0.25, 0.3) is 0 Å². The molecule has 1 saturated heterocycles. The van der Waals surface area contributed by atoms with E-state index in [1.807, 2.05) is 0 Å². The van der Waals surface area contributed by atoms with Crippen LogP contribution in [0.5, 0.6) is 0 Å². The average molecular weight is 212 g/mol. The van der Waals surface area contributed by atoms with Gasteiger partial charge in [-0.05, 0) is 31.1 Å². The molecule has 0 bridgehead atoms. The molecule has 0 aromatic heterocycles. The first kappa shape index (κ1) is 13.0. The SMILES string of the molecule is CC1CC(C)CN(C(C)(CN)C(C)C)C1. The van der Waals surface area contributed by atoms with Crippen molar-refractivity contribution in [2.75, 3.05) is 19.6 Å². The van der Waals surface area contributed by atoms with Crippen LogP contribution in [0.4, 0.5) is 0 Å². The van der Waals surface area contributed by atoms with E-state index in [9.17, 15) is 0 Å². The van der Waals surface area contributed by atoms with Gasteiger partial charge in [-0.15, -0.1) is 0 Å². The van der Waals surface area contributed by atoms with Crippen molar-refractivity contribution in [3.63, 3.8) is 0 Å². The number of hydrogen-bond acceptors (Lipinski definition) is 2. The molecule has 1 rings (SSSR count). The van der Waals surface area contributed by atoms with Crippen LogP contribution in [0.3, 0.4) is 0 Å². The van der Waals surface area contributed by atoms with Gasteiger partial charge in [0.15, 0.2) is 0 Å². The highest BCUT2D eigenvalue weighted by Gasteiger charge is 2.37. The average Bonchev–Trinajstić information content (AvgIpc) is 2.14. The van der Waals surface area contributed by atoms with E-state index in [1.54, 1.807) is 0 Å². The zero-order chi connectivity index (χ0) is 11.6. The van der Waals surface area contributed by atoms with E-state index in [0.717, 1.165) is 18.4 Å². The molecule has 2 nitrogen and oxygen atoms in total. The van der Waals surface area contributed by atoms with E-state index in [-0.39, 0.29) is 5.54 Å². The fourth-order valence-electron chi connectivity index (χ4n) is 2.81. The van der Waals surface area contributed by atoms with Crippen LogP contribution in [-0.2, 0) is 0 Å². The molecule has 0 aromatic rings. The number of piperidine rings is 1. The summed E-state index contributed by atoms with van der Waals surface area (Å²) in [6.45, 7) is 14.8. The molecule has 1 aliphatic heterocycles. The van der Waals surface area contributed by atoms with Crippen LogP contribution < -0.4 is 5.73 Å². The third-order valence-corrected chi connectivity index (χ3v) is 4.25. The van der Waals surface area contributed by atoms with Crippen molar-refractivity contribution in [3.8, 4) is 0 Å². The largest absolute Gasteiger partial charge is 0.329 e. The van der Waals surface area contributed by atoms with Gasteiger partial charge in [0.2, 0.25) is 0 Å². The Morgan fingerprint density at radius 2 is 1.73 bits per heavy atom. The Kier molecular flexibility index (Phi) is 4.19. The number of rotatable bonds is 3. The molecule has 0 aromatic carbocycles. The van der Waals surface area contributed by atoms with Crippen molar-refractivity contribution in [3.05, 3.63) is 0 Å². The fraction of sp³-hybridized carbons (Fsp3) is 1.00.